The van der Waals surface area contributed by atoms with Crippen LogP contribution < -0.4 is 4.74 Å². The second-order valence-electron chi connectivity index (χ2n) is 6.34. The van der Waals surface area contributed by atoms with E-state index < -0.39 is 5.79 Å². The van der Waals surface area contributed by atoms with Gasteiger partial charge in [0.05, 0.1) is 13.2 Å². The van der Waals surface area contributed by atoms with Crippen molar-refractivity contribution in [2.75, 3.05) is 38.6 Å². The zero-order valence-electron chi connectivity index (χ0n) is 14.4. The average molecular weight is 428 g/mol. The molecule has 2 aliphatic rings. The zero-order chi connectivity index (χ0) is 17.9. The van der Waals surface area contributed by atoms with Gasteiger partial charge in [-0.15, -0.1) is 11.8 Å². The van der Waals surface area contributed by atoms with Gasteiger partial charge in [-0.25, -0.2) is 4.79 Å². The minimum absolute atomic E-state index is 0.329. The Morgan fingerprint density at radius 2 is 2.04 bits per heavy atom. The lowest BCUT2D eigenvalue weighted by atomic mass is 10.1. The molecule has 1 saturated heterocycles. The van der Waals surface area contributed by atoms with Gasteiger partial charge in [0.1, 0.15) is 11.3 Å². The summed E-state index contributed by atoms with van der Waals surface area (Å²) in [5, 5.41) is 0. The third-order valence-corrected chi connectivity index (χ3v) is 5.35. The fraction of sp³-hybridized carbons (Fsp3) is 0.500. The number of morpholine rings is 1. The largest absolute Gasteiger partial charge is 0.451 e. The van der Waals surface area contributed by atoms with Crippen LogP contribution in [0.2, 0.25) is 0 Å². The van der Waals surface area contributed by atoms with E-state index in [0.29, 0.717) is 11.3 Å². The highest BCUT2D eigenvalue weighted by molar-refractivity contribution is 9.11. The minimum atomic E-state index is -0.962. The molecule has 0 atom stereocenters. The molecular formula is C18H22BrNO4S. The van der Waals surface area contributed by atoms with E-state index >= 15 is 0 Å². The first-order chi connectivity index (χ1) is 12.0. The summed E-state index contributed by atoms with van der Waals surface area (Å²) in [5.41, 5.74) is 1.38. The van der Waals surface area contributed by atoms with Gasteiger partial charge in [-0.1, -0.05) is 22.0 Å². The summed E-state index contributed by atoms with van der Waals surface area (Å²) < 4.78 is 16.8. The van der Waals surface area contributed by atoms with Crippen LogP contribution in [0, 0.1) is 0 Å². The van der Waals surface area contributed by atoms with Gasteiger partial charge in [-0.3, -0.25) is 4.90 Å². The van der Waals surface area contributed by atoms with Crippen LogP contribution in [0.15, 0.2) is 22.0 Å². The Hall–Kier alpha value is -1.02. The van der Waals surface area contributed by atoms with Gasteiger partial charge in [0.25, 0.3) is 0 Å². The lowest BCUT2D eigenvalue weighted by Crippen LogP contribution is -2.39. The van der Waals surface area contributed by atoms with Gasteiger partial charge in [0, 0.05) is 49.7 Å². The summed E-state index contributed by atoms with van der Waals surface area (Å²) in [4.78, 5) is 17.6. The number of rotatable bonds is 5. The van der Waals surface area contributed by atoms with Crippen LogP contribution >= 0.6 is 27.7 Å². The molecule has 136 valence electrons. The highest BCUT2D eigenvalue weighted by atomic mass is 79.9. The molecule has 0 saturated carbocycles. The van der Waals surface area contributed by atoms with Gasteiger partial charge in [-0.05, 0) is 17.1 Å². The Bertz CT molecular complexity index is 671. The summed E-state index contributed by atoms with van der Waals surface area (Å²) in [7, 11) is 0. The molecule has 0 spiro atoms. The molecule has 1 aromatic rings. The molecule has 0 radical (unpaired) electrons. The number of carbonyl (C=O) groups is 1. The van der Waals surface area contributed by atoms with Crippen molar-refractivity contribution in [1.82, 2.24) is 4.90 Å². The van der Waals surface area contributed by atoms with E-state index in [0.717, 1.165) is 49.1 Å². The number of hydrogen-bond donors (Lipinski definition) is 0. The van der Waals surface area contributed by atoms with Gasteiger partial charge in [0.15, 0.2) is 0 Å². The van der Waals surface area contributed by atoms with E-state index in [1.54, 1.807) is 30.6 Å². The van der Waals surface area contributed by atoms with Crippen molar-refractivity contribution >= 4 is 39.7 Å². The molecule has 2 aliphatic heterocycles. The Kier molecular flexibility index (Phi) is 6.09. The van der Waals surface area contributed by atoms with Crippen LogP contribution in [0.25, 0.3) is 6.08 Å². The number of fused-ring (bicyclic) bond motifs is 1. The molecule has 5 nitrogen and oxygen atoms in total. The number of carbonyl (C=O) groups excluding carboxylic acids is 1. The van der Waals surface area contributed by atoms with Crippen LogP contribution in [-0.2, 0) is 9.47 Å². The summed E-state index contributed by atoms with van der Waals surface area (Å²) in [6.07, 6.45) is 1.87. The first kappa shape index (κ1) is 18.8. The molecule has 0 unspecified atom stereocenters. The van der Waals surface area contributed by atoms with Crippen molar-refractivity contribution in [2.45, 2.75) is 24.5 Å². The maximum absolute atomic E-state index is 12.6. The third-order valence-electron chi connectivity index (χ3n) is 4.05. The summed E-state index contributed by atoms with van der Waals surface area (Å²) in [6.45, 7) is 7.97. The number of benzene rings is 1. The number of esters is 1. The minimum Gasteiger partial charge on any atom is -0.451 e. The highest BCUT2D eigenvalue weighted by Gasteiger charge is 2.36. The zero-order valence-corrected chi connectivity index (χ0v) is 16.8. The second-order valence-corrected chi connectivity index (χ2v) is 8.01. The molecule has 0 bridgehead atoms. The number of hydrogen-bond acceptors (Lipinski definition) is 6. The molecule has 25 heavy (non-hydrogen) atoms. The molecule has 2 heterocycles. The highest BCUT2D eigenvalue weighted by Crippen LogP contribution is 2.40. The normalized spacial score (nSPS) is 20.2. The Morgan fingerprint density at radius 3 is 2.76 bits per heavy atom. The summed E-state index contributed by atoms with van der Waals surface area (Å²) >= 11 is 4.95. The Morgan fingerprint density at radius 1 is 1.28 bits per heavy atom. The molecule has 1 fully saturated rings. The van der Waals surface area contributed by atoms with E-state index in [2.05, 4.69) is 20.8 Å². The lowest BCUT2D eigenvalue weighted by Gasteiger charge is -2.33. The standard InChI is InChI=1S/C18H22BrNO4S/c1-18(2)23-16-13(5-6-19)3-4-14(15(16)17(21)24-18)25-12-9-20-7-10-22-11-8-20/h3-6H,7-12H2,1-2H3/b6-5-. The van der Waals surface area contributed by atoms with Gasteiger partial charge in [-0.2, -0.15) is 0 Å². The predicted molar refractivity (Wildman–Crippen MR) is 103 cm³/mol. The number of nitrogens with zero attached hydrogens (tertiary/aromatic N) is 1. The van der Waals surface area contributed by atoms with E-state index in [-0.39, 0.29) is 5.97 Å². The van der Waals surface area contributed by atoms with Gasteiger partial charge in [0.2, 0.25) is 5.79 Å². The number of halogens is 1. The van der Waals surface area contributed by atoms with E-state index in [9.17, 15) is 4.79 Å². The van der Waals surface area contributed by atoms with Crippen molar-refractivity contribution < 1.29 is 19.0 Å². The molecule has 3 rings (SSSR count). The van der Waals surface area contributed by atoms with E-state index in [4.69, 9.17) is 14.2 Å². The van der Waals surface area contributed by atoms with E-state index in [1.165, 1.54) is 0 Å². The monoisotopic (exact) mass is 427 g/mol. The fourth-order valence-corrected chi connectivity index (χ4v) is 4.19. The van der Waals surface area contributed by atoms with Crippen molar-refractivity contribution in [3.8, 4) is 5.75 Å². The molecule has 1 aromatic carbocycles. The van der Waals surface area contributed by atoms with Crippen LogP contribution in [0.4, 0.5) is 0 Å². The maximum atomic E-state index is 12.6. The smallest absolute Gasteiger partial charge is 0.346 e. The number of ether oxygens (including phenoxy) is 3. The van der Waals surface area contributed by atoms with Crippen molar-refractivity contribution in [1.29, 1.82) is 0 Å². The average Bonchev–Trinajstić information content (AvgIpc) is 2.56. The first-order valence-corrected chi connectivity index (χ1v) is 10.2. The topological polar surface area (TPSA) is 48.0 Å². The molecule has 0 amide bonds. The Labute approximate surface area is 160 Å². The SMILES string of the molecule is CC1(C)OC(=O)c2c(SCCN3CCOCC3)ccc(/C=C\Br)c2O1. The fourth-order valence-electron chi connectivity index (χ4n) is 2.85. The quantitative estimate of drug-likeness (QED) is 0.526. The van der Waals surface area contributed by atoms with Crippen LogP contribution in [0.3, 0.4) is 0 Å². The number of cyclic esters (lactones) is 1. The third kappa shape index (κ3) is 4.58. The van der Waals surface area contributed by atoms with Gasteiger partial charge >= 0.3 is 5.97 Å². The predicted octanol–water partition coefficient (Wildman–Crippen LogP) is 3.76. The van der Waals surface area contributed by atoms with Crippen LogP contribution in [0.5, 0.6) is 5.75 Å². The van der Waals surface area contributed by atoms with Crippen molar-refractivity contribution in [3.63, 3.8) is 0 Å². The molecular weight excluding hydrogens is 406 g/mol. The van der Waals surface area contributed by atoms with Crippen LogP contribution in [0.1, 0.15) is 29.8 Å². The van der Waals surface area contributed by atoms with Gasteiger partial charge < -0.3 is 14.2 Å². The number of thioether (sulfide) groups is 1. The van der Waals surface area contributed by atoms with E-state index in [1.807, 2.05) is 18.2 Å². The van der Waals surface area contributed by atoms with Crippen molar-refractivity contribution in [3.05, 3.63) is 28.2 Å². The second kappa shape index (κ2) is 8.12. The lowest BCUT2D eigenvalue weighted by molar-refractivity contribution is -0.128. The molecule has 7 heteroatoms. The summed E-state index contributed by atoms with van der Waals surface area (Å²) in [6, 6.07) is 3.94. The molecule has 0 aromatic heterocycles. The first-order valence-electron chi connectivity index (χ1n) is 8.29. The summed E-state index contributed by atoms with van der Waals surface area (Å²) in [5.74, 6) is 0.200. The maximum Gasteiger partial charge on any atom is 0.346 e. The molecule has 0 N–H and O–H groups in total. The molecule has 0 aliphatic carbocycles. The van der Waals surface area contributed by atoms with Crippen LogP contribution in [-0.4, -0.2) is 55.3 Å². The Balaban J connectivity index is 1.79. The van der Waals surface area contributed by atoms with Crippen molar-refractivity contribution in [2.24, 2.45) is 0 Å².